The van der Waals surface area contributed by atoms with Crippen LogP contribution in [0.2, 0.25) is 5.02 Å². The van der Waals surface area contributed by atoms with E-state index in [1.54, 1.807) is 6.07 Å². The second-order valence-corrected chi connectivity index (χ2v) is 5.46. The average molecular weight is 288 g/mol. The van der Waals surface area contributed by atoms with Crippen LogP contribution >= 0.6 is 11.6 Å². The molecule has 0 unspecified atom stereocenters. The Labute approximate surface area is 122 Å². The van der Waals surface area contributed by atoms with Crippen LogP contribution in [0.25, 0.3) is 11.3 Å². The Kier molecular flexibility index (Phi) is 3.22. The Hall–Kier alpha value is -1.87. The molecule has 3 rings (SSSR count). The van der Waals surface area contributed by atoms with Crippen LogP contribution in [0.1, 0.15) is 40.5 Å². The number of rotatable bonds is 3. The molecule has 3 nitrogen and oxygen atoms in total. The van der Waals surface area contributed by atoms with Gasteiger partial charge in [0.25, 0.3) is 0 Å². The highest BCUT2D eigenvalue weighted by molar-refractivity contribution is 6.30. The number of aromatic carboxylic acids is 1. The zero-order valence-electron chi connectivity index (χ0n) is 11.1. The molecule has 0 atom stereocenters. The van der Waals surface area contributed by atoms with Crippen molar-refractivity contribution in [3.63, 3.8) is 0 Å². The van der Waals surface area contributed by atoms with E-state index in [1.165, 1.54) is 0 Å². The first-order valence-electron chi connectivity index (χ1n) is 6.65. The molecule has 1 aromatic heterocycles. The number of nitrogens with zero attached hydrogens (tertiary/aromatic N) is 1. The second kappa shape index (κ2) is 4.91. The predicted octanol–water partition coefficient (Wildman–Crippen LogP) is 3.96. The quantitative estimate of drug-likeness (QED) is 0.793. The number of carboxylic acids is 1. The number of carboxylic acid groups (broad SMARTS) is 1. The van der Waals surface area contributed by atoms with Gasteiger partial charge < -0.3 is 5.11 Å². The molecule has 1 aromatic carbocycles. The Bertz CT molecular complexity index is 710. The summed E-state index contributed by atoms with van der Waals surface area (Å²) < 4.78 is 0. The van der Waals surface area contributed by atoms with Gasteiger partial charge in [-0.2, -0.15) is 0 Å². The van der Waals surface area contributed by atoms with Crippen LogP contribution in [-0.4, -0.2) is 16.1 Å². The molecule has 0 bridgehead atoms. The van der Waals surface area contributed by atoms with Crippen molar-refractivity contribution in [1.82, 2.24) is 4.98 Å². The molecule has 1 N–H and O–H groups in total. The fourth-order valence-electron chi connectivity index (χ4n) is 2.72. The minimum absolute atomic E-state index is 0.324. The Morgan fingerprint density at radius 2 is 2.15 bits per heavy atom. The van der Waals surface area contributed by atoms with Gasteiger partial charge in [0, 0.05) is 17.0 Å². The van der Waals surface area contributed by atoms with E-state index in [-0.39, 0.29) is 0 Å². The van der Waals surface area contributed by atoms with Crippen LogP contribution in [0, 0.1) is 0 Å². The summed E-state index contributed by atoms with van der Waals surface area (Å²) >= 11 is 6.01. The summed E-state index contributed by atoms with van der Waals surface area (Å²) in [7, 11) is 0. The summed E-state index contributed by atoms with van der Waals surface area (Å²) in [4.78, 5) is 16.0. The number of benzene rings is 1. The normalized spacial score (nSPS) is 12.1. The average Bonchev–Trinajstić information content (AvgIpc) is 2.74. The summed E-state index contributed by atoms with van der Waals surface area (Å²) in [5.41, 5.74) is 5.05. The molecular formula is C16H14ClNO2. The number of hydrogen-bond donors (Lipinski definition) is 1. The third-order valence-electron chi connectivity index (χ3n) is 3.60. The van der Waals surface area contributed by atoms with Gasteiger partial charge in [-0.15, -0.1) is 0 Å². The van der Waals surface area contributed by atoms with Crippen molar-refractivity contribution in [3.05, 3.63) is 51.7 Å². The number of aromatic nitrogens is 1. The van der Waals surface area contributed by atoms with Crippen molar-refractivity contribution >= 4 is 17.6 Å². The van der Waals surface area contributed by atoms with Gasteiger partial charge in [-0.1, -0.05) is 31.0 Å². The van der Waals surface area contributed by atoms with Gasteiger partial charge in [-0.05, 0) is 35.7 Å². The van der Waals surface area contributed by atoms with E-state index in [1.807, 2.05) is 25.1 Å². The van der Waals surface area contributed by atoms with Crippen molar-refractivity contribution in [3.8, 4) is 11.3 Å². The van der Waals surface area contributed by atoms with Gasteiger partial charge in [0.15, 0.2) is 0 Å². The zero-order chi connectivity index (χ0) is 14.3. The van der Waals surface area contributed by atoms with Crippen LogP contribution in [0.4, 0.5) is 0 Å². The number of halogens is 1. The van der Waals surface area contributed by atoms with Gasteiger partial charge in [-0.25, -0.2) is 4.79 Å². The molecule has 4 heteroatoms. The molecule has 0 fully saturated rings. The maximum atomic E-state index is 11.4. The van der Waals surface area contributed by atoms with Crippen molar-refractivity contribution in [2.24, 2.45) is 0 Å². The lowest BCUT2D eigenvalue weighted by atomic mass is 10.0. The van der Waals surface area contributed by atoms with E-state index in [9.17, 15) is 9.90 Å². The fraction of sp³-hybridized carbons (Fsp3) is 0.250. The number of hydrogen-bond acceptors (Lipinski definition) is 2. The molecule has 1 aliphatic carbocycles. The molecule has 0 amide bonds. The van der Waals surface area contributed by atoms with Gasteiger partial charge in [-0.3, -0.25) is 4.98 Å². The van der Waals surface area contributed by atoms with Crippen LogP contribution in [0.5, 0.6) is 0 Å². The highest BCUT2D eigenvalue weighted by Crippen LogP contribution is 2.37. The maximum Gasteiger partial charge on any atom is 0.337 e. The lowest BCUT2D eigenvalue weighted by Crippen LogP contribution is -2.06. The van der Waals surface area contributed by atoms with Crippen molar-refractivity contribution in [2.75, 3.05) is 0 Å². The first-order chi connectivity index (χ1) is 9.60. The largest absolute Gasteiger partial charge is 0.478 e. The minimum atomic E-state index is -0.905. The Morgan fingerprint density at radius 1 is 1.35 bits per heavy atom. The summed E-state index contributed by atoms with van der Waals surface area (Å²) in [5.74, 6) is -0.905. The van der Waals surface area contributed by atoms with Crippen LogP contribution in [0.15, 0.2) is 24.3 Å². The smallest absolute Gasteiger partial charge is 0.337 e. The first kappa shape index (κ1) is 13.1. The van der Waals surface area contributed by atoms with Gasteiger partial charge in [0.2, 0.25) is 0 Å². The molecule has 0 saturated carbocycles. The van der Waals surface area contributed by atoms with Gasteiger partial charge in [0.05, 0.1) is 17.0 Å². The topological polar surface area (TPSA) is 50.2 Å². The third kappa shape index (κ3) is 2.08. The molecule has 0 saturated heterocycles. The summed E-state index contributed by atoms with van der Waals surface area (Å²) in [6.45, 7) is 2.02. The highest BCUT2D eigenvalue weighted by Gasteiger charge is 2.24. The summed E-state index contributed by atoms with van der Waals surface area (Å²) in [6, 6.07) is 7.51. The number of aryl methyl sites for hydroxylation is 1. The highest BCUT2D eigenvalue weighted by atomic mass is 35.5. The number of fused-ring (bicyclic) bond motifs is 3. The van der Waals surface area contributed by atoms with E-state index in [0.717, 1.165) is 28.8 Å². The van der Waals surface area contributed by atoms with Crippen LogP contribution < -0.4 is 0 Å². The fourth-order valence-corrected chi connectivity index (χ4v) is 2.91. The Morgan fingerprint density at radius 3 is 2.85 bits per heavy atom. The monoisotopic (exact) mass is 287 g/mol. The van der Waals surface area contributed by atoms with E-state index < -0.39 is 5.97 Å². The molecule has 0 aliphatic heterocycles. The number of pyridine rings is 1. The lowest BCUT2D eigenvalue weighted by molar-refractivity contribution is 0.0695. The van der Waals surface area contributed by atoms with Crippen LogP contribution in [-0.2, 0) is 12.8 Å². The van der Waals surface area contributed by atoms with Crippen LogP contribution in [0.3, 0.4) is 0 Å². The van der Waals surface area contributed by atoms with Gasteiger partial charge in [0.1, 0.15) is 0 Å². The van der Waals surface area contributed by atoms with Crippen molar-refractivity contribution < 1.29 is 9.90 Å². The number of carbonyl (C=O) groups is 1. The molecule has 1 aliphatic rings. The maximum absolute atomic E-state index is 11.4. The Balaban J connectivity index is 2.17. The van der Waals surface area contributed by atoms with E-state index >= 15 is 0 Å². The molecule has 0 spiro atoms. The molecule has 2 aromatic rings. The SMILES string of the molecule is CCCc1nc2c(cc1C(=O)O)Cc1cc(Cl)ccc1-2. The second-order valence-electron chi connectivity index (χ2n) is 5.02. The lowest BCUT2D eigenvalue weighted by Gasteiger charge is -2.08. The third-order valence-corrected chi connectivity index (χ3v) is 3.84. The molecular weight excluding hydrogens is 274 g/mol. The molecule has 20 heavy (non-hydrogen) atoms. The summed E-state index contributed by atoms with van der Waals surface area (Å²) in [5, 5.41) is 10.0. The zero-order valence-corrected chi connectivity index (χ0v) is 11.9. The van der Waals surface area contributed by atoms with Crippen molar-refractivity contribution in [1.29, 1.82) is 0 Å². The standard InChI is InChI=1S/C16H14ClNO2/c1-2-3-14-13(16(19)20)8-10-6-9-7-11(17)4-5-12(9)15(10)18-14/h4-5,7-8H,2-3,6H2,1H3,(H,19,20). The first-order valence-corrected chi connectivity index (χ1v) is 7.03. The van der Waals surface area contributed by atoms with Gasteiger partial charge >= 0.3 is 5.97 Å². The minimum Gasteiger partial charge on any atom is -0.478 e. The molecule has 1 heterocycles. The molecule has 102 valence electrons. The van der Waals surface area contributed by atoms with E-state index in [2.05, 4.69) is 4.98 Å². The summed E-state index contributed by atoms with van der Waals surface area (Å²) in [6.07, 6.45) is 2.25. The predicted molar refractivity (Wildman–Crippen MR) is 78.4 cm³/mol. The molecule has 0 radical (unpaired) electrons. The van der Waals surface area contributed by atoms with E-state index in [4.69, 9.17) is 11.6 Å². The van der Waals surface area contributed by atoms with Crippen molar-refractivity contribution in [2.45, 2.75) is 26.2 Å². The van der Waals surface area contributed by atoms with E-state index in [0.29, 0.717) is 29.1 Å².